The largest absolute Gasteiger partial charge is 0.467 e. The molecule has 21 heavy (non-hydrogen) atoms. The number of ether oxygens (including phenoxy) is 1. The number of hydrogen-bond donors (Lipinski definition) is 2. The molecule has 0 atom stereocenters. The highest BCUT2D eigenvalue weighted by Gasteiger charge is 2.12. The van der Waals surface area contributed by atoms with Crippen LogP contribution >= 0.6 is 0 Å². The average molecular weight is 290 g/mol. The average Bonchev–Trinajstić information content (AvgIpc) is 2.45. The lowest BCUT2D eigenvalue weighted by Crippen LogP contribution is -2.21. The summed E-state index contributed by atoms with van der Waals surface area (Å²) >= 11 is 0. The van der Waals surface area contributed by atoms with Crippen LogP contribution in [0.5, 0.6) is 6.01 Å². The van der Waals surface area contributed by atoms with Crippen LogP contribution in [-0.2, 0) is 0 Å². The van der Waals surface area contributed by atoms with Gasteiger partial charge in [0.2, 0.25) is 0 Å². The number of aromatic nitrogens is 2. The minimum absolute atomic E-state index is 0.245. The summed E-state index contributed by atoms with van der Waals surface area (Å²) in [7, 11) is 1.47. The second kappa shape index (κ2) is 6.17. The molecule has 1 aromatic carbocycles. The number of methoxy groups -OCH3 is 1. The van der Waals surface area contributed by atoms with Crippen molar-refractivity contribution in [3.8, 4) is 6.01 Å². The molecule has 0 fully saturated rings. The van der Waals surface area contributed by atoms with Crippen LogP contribution in [0.1, 0.15) is 11.4 Å². The van der Waals surface area contributed by atoms with Gasteiger partial charge in [0.25, 0.3) is 0 Å². The van der Waals surface area contributed by atoms with Crippen LogP contribution in [0.25, 0.3) is 0 Å². The van der Waals surface area contributed by atoms with E-state index in [1.54, 1.807) is 13.8 Å². The van der Waals surface area contributed by atoms with Gasteiger partial charge < -0.3 is 15.4 Å². The van der Waals surface area contributed by atoms with Gasteiger partial charge in [0.1, 0.15) is 5.82 Å². The summed E-state index contributed by atoms with van der Waals surface area (Å²) in [6.45, 7) is 3.48. The molecule has 110 valence electrons. The van der Waals surface area contributed by atoms with Gasteiger partial charge in [0.15, 0.2) is 0 Å². The van der Waals surface area contributed by atoms with E-state index in [0.717, 1.165) is 0 Å². The molecule has 2 aromatic rings. The number of nitrogens with one attached hydrogen (secondary N) is 2. The van der Waals surface area contributed by atoms with Crippen LogP contribution in [0.2, 0.25) is 0 Å². The molecule has 0 saturated carbocycles. The fourth-order valence-electron chi connectivity index (χ4n) is 1.77. The molecule has 6 nitrogen and oxygen atoms in total. The number of anilines is 2. The smallest absolute Gasteiger partial charge is 0.323 e. The van der Waals surface area contributed by atoms with Crippen molar-refractivity contribution in [2.45, 2.75) is 13.8 Å². The predicted molar refractivity (Wildman–Crippen MR) is 77.1 cm³/mol. The zero-order chi connectivity index (χ0) is 15.4. The maximum absolute atomic E-state index is 12.8. The number of carbonyl (C=O) groups is 1. The Morgan fingerprint density at radius 3 is 2.19 bits per heavy atom. The molecule has 0 aliphatic heterocycles. The first-order chi connectivity index (χ1) is 9.99. The van der Waals surface area contributed by atoms with Gasteiger partial charge in [-0.1, -0.05) is 0 Å². The number of aryl methyl sites for hydroxylation is 2. The molecule has 7 heteroatoms. The number of hydrogen-bond acceptors (Lipinski definition) is 4. The third kappa shape index (κ3) is 3.65. The third-order valence-electron chi connectivity index (χ3n) is 2.77. The predicted octanol–water partition coefficient (Wildman–Crippen LogP) is 2.89. The van der Waals surface area contributed by atoms with Gasteiger partial charge in [-0.15, -0.1) is 0 Å². The molecule has 0 bridgehead atoms. The Hall–Kier alpha value is -2.70. The van der Waals surface area contributed by atoms with Gasteiger partial charge in [-0.05, 0) is 38.1 Å². The van der Waals surface area contributed by atoms with Crippen LogP contribution < -0.4 is 15.4 Å². The number of carbonyl (C=O) groups excluding carboxylic acids is 1. The standard InChI is InChI=1S/C14H15FN4O2/c1-8-12(9(2)17-14(16-8)21-3)19-13(20)18-11-6-4-10(15)5-7-11/h4-7H,1-3H3,(H2,18,19,20). The van der Waals surface area contributed by atoms with Gasteiger partial charge in [0.05, 0.1) is 24.2 Å². The van der Waals surface area contributed by atoms with E-state index in [-0.39, 0.29) is 11.8 Å². The van der Waals surface area contributed by atoms with Crippen molar-refractivity contribution in [2.24, 2.45) is 0 Å². The molecule has 2 amide bonds. The second-order valence-corrected chi connectivity index (χ2v) is 4.34. The topological polar surface area (TPSA) is 76.1 Å². The molecule has 1 heterocycles. The lowest BCUT2D eigenvalue weighted by Gasteiger charge is -2.12. The number of urea groups is 1. The minimum atomic E-state index is -0.457. The number of benzene rings is 1. The van der Waals surface area contributed by atoms with E-state index < -0.39 is 6.03 Å². The molecule has 1 aromatic heterocycles. The minimum Gasteiger partial charge on any atom is -0.467 e. The van der Waals surface area contributed by atoms with Crippen LogP contribution in [0.4, 0.5) is 20.6 Å². The Bertz CT molecular complexity index is 636. The summed E-state index contributed by atoms with van der Waals surface area (Å²) in [6, 6.07) is 5.26. The van der Waals surface area contributed by atoms with E-state index in [1.165, 1.54) is 31.4 Å². The molecular formula is C14H15FN4O2. The van der Waals surface area contributed by atoms with Gasteiger partial charge >= 0.3 is 12.0 Å². The first-order valence-electron chi connectivity index (χ1n) is 6.22. The molecule has 0 aliphatic carbocycles. The maximum atomic E-state index is 12.8. The summed E-state index contributed by atoms with van der Waals surface area (Å²) in [5.74, 6) is -0.365. The highest BCUT2D eigenvalue weighted by atomic mass is 19.1. The Balaban J connectivity index is 2.11. The monoisotopic (exact) mass is 290 g/mol. The summed E-state index contributed by atoms with van der Waals surface area (Å²) in [5, 5.41) is 5.27. The fraction of sp³-hybridized carbons (Fsp3) is 0.214. The SMILES string of the molecule is COc1nc(C)c(NC(=O)Nc2ccc(F)cc2)c(C)n1. The lowest BCUT2D eigenvalue weighted by atomic mass is 10.3. The highest BCUT2D eigenvalue weighted by molar-refractivity contribution is 6.00. The molecule has 2 N–H and O–H groups in total. The van der Waals surface area contributed by atoms with Crippen LogP contribution in [0, 0.1) is 19.7 Å². The van der Waals surface area contributed by atoms with E-state index in [4.69, 9.17) is 4.74 Å². The van der Waals surface area contributed by atoms with Crippen LogP contribution in [0.3, 0.4) is 0 Å². The zero-order valence-corrected chi connectivity index (χ0v) is 11.9. The van der Waals surface area contributed by atoms with E-state index in [2.05, 4.69) is 20.6 Å². The lowest BCUT2D eigenvalue weighted by molar-refractivity contribution is 0.262. The first kappa shape index (κ1) is 14.7. The maximum Gasteiger partial charge on any atom is 0.323 e. The molecule has 0 aliphatic rings. The summed E-state index contributed by atoms with van der Waals surface area (Å²) in [5.41, 5.74) is 2.18. The number of rotatable bonds is 3. The van der Waals surface area contributed by atoms with E-state index in [1.807, 2.05) is 0 Å². The molecule has 0 spiro atoms. The van der Waals surface area contributed by atoms with Gasteiger partial charge in [-0.25, -0.2) is 9.18 Å². The molecule has 0 saturated heterocycles. The first-order valence-corrected chi connectivity index (χ1v) is 6.22. The van der Waals surface area contributed by atoms with Crippen LogP contribution in [0.15, 0.2) is 24.3 Å². The number of nitrogens with zero attached hydrogens (tertiary/aromatic N) is 2. The summed E-state index contributed by atoms with van der Waals surface area (Å²) in [6.07, 6.45) is 0. The molecule has 0 unspecified atom stereocenters. The number of halogens is 1. The van der Waals surface area contributed by atoms with Crippen molar-refractivity contribution in [2.75, 3.05) is 17.7 Å². The number of amides is 2. The normalized spacial score (nSPS) is 10.1. The Morgan fingerprint density at radius 1 is 1.10 bits per heavy atom. The van der Waals surface area contributed by atoms with Crippen molar-refractivity contribution in [1.29, 1.82) is 0 Å². The van der Waals surface area contributed by atoms with Crippen molar-refractivity contribution >= 4 is 17.4 Å². The van der Waals surface area contributed by atoms with Crippen molar-refractivity contribution < 1.29 is 13.9 Å². The Labute approximate surface area is 121 Å². The van der Waals surface area contributed by atoms with Crippen molar-refractivity contribution in [3.63, 3.8) is 0 Å². The Kier molecular flexibility index (Phi) is 4.32. The van der Waals surface area contributed by atoms with Crippen molar-refractivity contribution in [3.05, 3.63) is 41.5 Å². The van der Waals surface area contributed by atoms with E-state index in [0.29, 0.717) is 22.8 Å². The van der Waals surface area contributed by atoms with E-state index >= 15 is 0 Å². The van der Waals surface area contributed by atoms with Crippen molar-refractivity contribution in [1.82, 2.24) is 9.97 Å². The summed E-state index contributed by atoms with van der Waals surface area (Å²) < 4.78 is 17.7. The van der Waals surface area contributed by atoms with Gasteiger partial charge in [-0.3, -0.25) is 0 Å². The quantitative estimate of drug-likeness (QED) is 0.911. The van der Waals surface area contributed by atoms with E-state index in [9.17, 15) is 9.18 Å². The van der Waals surface area contributed by atoms with Gasteiger partial charge in [0, 0.05) is 5.69 Å². The Morgan fingerprint density at radius 2 is 1.67 bits per heavy atom. The van der Waals surface area contributed by atoms with Crippen LogP contribution in [-0.4, -0.2) is 23.1 Å². The molecule has 2 rings (SSSR count). The second-order valence-electron chi connectivity index (χ2n) is 4.34. The third-order valence-corrected chi connectivity index (χ3v) is 2.77. The van der Waals surface area contributed by atoms with Gasteiger partial charge in [-0.2, -0.15) is 9.97 Å². The summed E-state index contributed by atoms with van der Waals surface area (Å²) in [4.78, 5) is 20.1. The molecular weight excluding hydrogens is 275 g/mol. The highest BCUT2D eigenvalue weighted by Crippen LogP contribution is 2.19. The molecule has 0 radical (unpaired) electrons. The fourth-order valence-corrected chi connectivity index (χ4v) is 1.77. The zero-order valence-electron chi connectivity index (χ0n) is 11.9.